The maximum Gasteiger partial charge on any atom is 0.320 e. The summed E-state index contributed by atoms with van der Waals surface area (Å²) in [5.41, 5.74) is 5.27. The average Bonchev–Trinajstić information content (AvgIpc) is 2.21. The minimum absolute atomic E-state index is 0.313. The van der Waals surface area contributed by atoms with Crippen LogP contribution in [0.15, 0.2) is 12.4 Å². The third-order valence-electron chi connectivity index (χ3n) is 2.14. The molecule has 0 spiro atoms. The molecule has 0 rings (SSSR count). The average molecular weight is 245 g/mol. The number of aliphatic carboxylic acids is 2. The molecule has 0 aromatic carbocycles. The minimum atomic E-state index is -1.08. The van der Waals surface area contributed by atoms with E-state index in [2.05, 4.69) is 17.2 Å². The predicted octanol–water partition coefficient (Wildman–Crippen LogP) is -0.698. The van der Waals surface area contributed by atoms with Gasteiger partial charge in [0.2, 0.25) is 0 Å². The number of nitrogens with one attached hydrogen (secondary N) is 2. The normalized spacial score (nSPS) is 13.7. The molecule has 0 saturated carbocycles. The number of carboxylic acid groups (broad SMARTS) is 2. The molecule has 2 atom stereocenters. The summed E-state index contributed by atoms with van der Waals surface area (Å²) in [6, 6.07) is -1.78. The molecule has 0 fully saturated rings. The first-order chi connectivity index (χ1) is 7.84. The van der Waals surface area contributed by atoms with Crippen molar-refractivity contribution in [1.29, 1.82) is 0 Å². The van der Waals surface area contributed by atoms with E-state index in [1.54, 1.807) is 0 Å². The van der Waals surface area contributed by atoms with Gasteiger partial charge in [-0.2, -0.15) is 0 Å². The van der Waals surface area contributed by atoms with Crippen molar-refractivity contribution >= 4 is 11.9 Å². The Bertz CT molecular complexity index is 293. The Morgan fingerprint density at radius 3 is 2.35 bits per heavy atom. The van der Waals surface area contributed by atoms with Crippen LogP contribution in [0.5, 0.6) is 0 Å². The lowest BCUT2D eigenvalue weighted by Crippen LogP contribution is -2.45. The second kappa shape index (κ2) is 7.50. The quantitative estimate of drug-likeness (QED) is 0.340. The van der Waals surface area contributed by atoms with Gasteiger partial charge in [0.05, 0.1) is 5.82 Å². The fourth-order valence-corrected chi connectivity index (χ4v) is 1.21. The molecule has 0 amide bonds. The Balaban J connectivity index is 4.03. The smallest absolute Gasteiger partial charge is 0.320 e. The molecule has 17 heavy (non-hydrogen) atoms. The maximum absolute atomic E-state index is 10.9. The van der Waals surface area contributed by atoms with Gasteiger partial charge in [-0.25, -0.2) is 0 Å². The van der Waals surface area contributed by atoms with Crippen LogP contribution < -0.4 is 16.4 Å². The first-order valence-electron chi connectivity index (χ1n) is 5.24. The van der Waals surface area contributed by atoms with E-state index in [9.17, 15) is 9.59 Å². The summed E-state index contributed by atoms with van der Waals surface area (Å²) >= 11 is 0. The zero-order valence-corrected chi connectivity index (χ0v) is 9.77. The van der Waals surface area contributed by atoms with E-state index < -0.39 is 24.0 Å². The van der Waals surface area contributed by atoms with E-state index in [0.717, 1.165) is 0 Å². The summed E-state index contributed by atoms with van der Waals surface area (Å²) in [5, 5.41) is 22.8. The Kier molecular flexibility index (Phi) is 6.73. The molecule has 7 heteroatoms. The highest BCUT2D eigenvalue weighted by Gasteiger charge is 2.22. The number of nitrogens with two attached hydrogens (primary N) is 1. The highest BCUT2D eigenvalue weighted by Crippen LogP contribution is 1.99. The number of hydrogen-bond donors (Lipinski definition) is 5. The van der Waals surface area contributed by atoms with Crippen molar-refractivity contribution in [3.63, 3.8) is 0 Å². The summed E-state index contributed by atoms with van der Waals surface area (Å²) in [6.45, 7) is 5.34. The lowest BCUT2D eigenvalue weighted by Gasteiger charge is -2.17. The third kappa shape index (κ3) is 7.18. The fourth-order valence-electron chi connectivity index (χ4n) is 1.21. The van der Waals surface area contributed by atoms with Crippen LogP contribution in [0.2, 0.25) is 0 Å². The molecule has 7 nitrogen and oxygen atoms in total. The largest absolute Gasteiger partial charge is 0.480 e. The first-order valence-corrected chi connectivity index (χ1v) is 5.24. The van der Waals surface area contributed by atoms with Crippen molar-refractivity contribution in [2.75, 3.05) is 6.54 Å². The maximum atomic E-state index is 10.9. The number of carboxylic acids is 2. The molecule has 0 aliphatic rings. The van der Waals surface area contributed by atoms with E-state index in [4.69, 9.17) is 15.9 Å². The van der Waals surface area contributed by atoms with Crippen LogP contribution in [-0.4, -0.2) is 40.8 Å². The van der Waals surface area contributed by atoms with Crippen LogP contribution in [0.3, 0.4) is 0 Å². The van der Waals surface area contributed by atoms with Gasteiger partial charge in [-0.15, -0.1) is 0 Å². The molecule has 0 aromatic heterocycles. The Hall–Kier alpha value is -1.76. The van der Waals surface area contributed by atoms with Crippen molar-refractivity contribution in [3.05, 3.63) is 12.4 Å². The van der Waals surface area contributed by atoms with Crippen LogP contribution in [0.25, 0.3) is 0 Å². The first kappa shape index (κ1) is 15.2. The monoisotopic (exact) mass is 245 g/mol. The van der Waals surface area contributed by atoms with Crippen molar-refractivity contribution in [2.45, 2.75) is 31.8 Å². The van der Waals surface area contributed by atoms with Gasteiger partial charge in [0, 0.05) is 6.54 Å². The topological polar surface area (TPSA) is 125 Å². The van der Waals surface area contributed by atoms with Gasteiger partial charge >= 0.3 is 11.9 Å². The fraction of sp³-hybridized carbons (Fsp3) is 0.600. The zero-order valence-electron chi connectivity index (χ0n) is 9.77. The van der Waals surface area contributed by atoms with Gasteiger partial charge in [-0.05, 0) is 19.8 Å². The van der Waals surface area contributed by atoms with Crippen LogP contribution >= 0.6 is 0 Å². The van der Waals surface area contributed by atoms with Gasteiger partial charge in [0.15, 0.2) is 0 Å². The standard InChI is InChI=1S/C10H19N3O4/c1-6(9(14)15)13-8(10(16)17)4-3-5-12-7(2)11/h6,8,12-13H,2-5,11H2,1H3,(H,14,15)(H,16,17)/t6-,8-/m0/s1. The highest BCUT2D eigenvalue weighted by atomic mass is 16.4. The lowest BCUT2D eigenvalue weighted by atomic mass is 10.1. The summed E-state index contributed by atoms with van der Waals surface area (Å²) in [4.78, 5) is 21.4. The second-order valence-corrected chi connectivity index (χ2v) is 3.71. The molecule has 0 aliphatic heterocycles. The van der Waals surface area contributed by atoms with E-state index >= 15 is 0 Å². The van der Waals surface area contributed by atoms with Crippen molar-refractivity contribution < 1.29 is 19.8 Å². The van der Waals surface area contributed by atoms with Crippen LogP contribution in [-0.2, 0) is 9.59 Å². The molecule has 0 aromatic rings. The van der Waals surface area contributed by atoms with Crippen molar-refractivity contribution in [3.8, 4) is 0 Å². The van der Waals surface area contributed by atoms with E-state index in [-0.39, 0.29) is 0 Å². The Morgan fingerprint density at radius 2 is 1.94 bits per heavy atom. The van der Waals surface area contributed by atoms with E-state index in [1.807, 2.05) is 0 Å². The minimum Gasteiger partial charge on any atom is -0.480 e. The number of rotatable bonds is 9. The zero-order chi connectivity index (χ0) is 13.4. The van der Waals surface area contributed by atoms with Crippen molar-refractivity contribution in [1.82, 2.24) is 10.6 Å². The second-order valence-electron chi connectivity index (χ2n) is 3.71. The Morgan fingerprint density at radius 1 is 1.35 bits per heavy atom. The Labute approximate surface area is 99.7 Å². The van der Waals surface area contributed by atoms with Crippen LogP contribution in [0.4, 0.5) is 0 Å². The number of carbonyl (C=O) groups is 2. The summed E-state index contributed by atoms with van der Waals surface area (Å²) in [7, 11) is 0. The molecular weight excluding hydrogens is 226 g/mol. The van der Waals surface area contributed by atoms with Gasteiger partial charge in [-0.3, -0.25) is 14.9 Å². The lowest BCUT2D eigenvalue weighted by molar-refractivity contribution is -0.142. The molecule has 0 radical (unpaired) electrons. The molecular formula is C10H19N3O4. The van der Waals surface area contributed by atoms with Gasteiger partial charge in [-0.1, -0.05) is 6.58 Å². The van der Waals surface area contributed by atoms with Crippen LogP contribution in [0, 0.1) is 0 Å². The predicted molar refractivity (Wildman–Crippen MR) is 62.2 cm³/mol. The summed E-state index contributed by atoms with van der Waals surface area (Å²) < 4.78 is 0. The summed E-state index contributed by atoms with van der Waals surface area (Å²) in [5.74, 6) is -1.82. The van der Waals surface area contributed by atoms with Gasteiger partial charge in [0.25, 0.3) is 0 Å². The van der Waals surface area contributed by atoms with Crippen molar-refractivity contribution in [2.24, 2.45) is 5.73 Å². The molecule has 98 valence electrons. The molecule has 0 heterocycles. The van der Waals surface area contributed by atoms with E-state index in [0.29, 0.717) is 25.2 Å². The SMILES string of the molecule is C=C(N)NCCC[C@H](N[C@@H](C)C(=O)O)C(=O)O. The molecule has 0 aliphatic carbocycles. The van der Waals surface area contributed by atoms with Crippen LogP contribution in [0.1, 0.15) is 19.8 Å². The van der Waals surface area contributed by atoms with Gasteiger partial charge < -0.3 is 21.3 Å². The molecule has 0 unspecified atom stereocenters. The molecule has 0 saturated heterocycles. The number of hydrogen-bond acceptors (Lipinski definition) is 5. The molecule has 0 bridgehead atoms. The summed E-state index contributed by atoms with van der Waals surface area (Å²) in [6.07, 6.45) is 0.861. The highest BCUT2D eigenvalue weighted by molar-refractivity contribution is 5.77. The van der Waals surface area contributed by atoms with Gasteiger partial charge in [0.1, 0.15) is 12.1 Å². The molecule has 6 N–H and O–H groups in total. The third-order valence-corrected chi connectivity index (χ3v) is 2.14. The van der Waals surface area contributed by atoms with E-state index in [1.165, 1.54) is 6.92 Å².